The van der Waals surface area contributed by atoms with Crippen LogP contribution in [0.4, 0.5) is 5.82 Å². The van der Waals surface area contributed by atoms with Gasteiger partial charge < -0.3 is 9.64 Å². The van der Waals surface area contributed by atoms with Gasteiger partial charge in [0.25, 0.3) is 5.91 Å². The van der Waals surface area contributed by atoms with Crippen molar-refractivity contribution in [3.8, 4) is 0 Å². The van der Waals surface area contributed by atoms with Crippen LogP contribution >= 0.6 is 0 Å². The molecule has 0 N–H and O–H groups in total. The molecule has 0 bridgehead atoms. The van der Waals surface area contributed by atoms with Crippen molar-refractivity contribution in [3.63, 3.8) is 0 Å². The van der Waals surface area contributed by atoms with Crippen LogP contribution in [0.1, 0.15) is 61.7 Å². The molecule has 0 aliphatic carbocycles. The molecule has 2 aliphatic heterocycles. The summed E-state index contributed by atoms with van der Waals surface area (Å²) in [6.45, 7) is 7.37. The van der Waals surface area contributed by atoms with E-state index in [4.69, 9.17) is 14.7 Å². The van der Waals surface area contributed by atoms with Crippen LogP contribution in [0.25, 0.3) is 0 Å². The minimum atomic E-state index is -0.854. The molecule has 1 fully saturated rings. The van der Waals surface area contributed by atoms with Gasteiger partial charge >= 0.3 is 0 Å². The summed E-state index contributed by atoms with van der Waals surface area (Å²) in [7, 11) is 1.56. The molecule has 4 rings (SSSR count). The maximum absolute atomic E-state index is 12.9. The molecule has 1 atom stereocenters. The van der Waals surface area contributed by atoms with Crippen LogP contribution in [0.5, 0.6) is 0 Å². The predicted molar refractivity (Wildman–Crippen MR) is 122 cm³/mol. The number of carbonyl (C=O) groups excluding carboxylic acids is 2. The van der Waals surface area contributed by atoms with Gasteiger partial charge in [-0.25, -0.2) is 9.97 Å². The van der Waals surface area contributed by atoms with Gasteiger partial charge in [-0.2, -0.15) is 0 Å². The van der Waals surface area contributed by atoms with Crippen LogP contribution in [-0.4, -0.2) is 52.5 Å². The highest BCUT2D eigenvalue weighted by atomic mass is 16.5. The van der Waals surface area contributed by atoms with Crippen molar-refractivity contribution in [1.29, 1.82) is 0 Å². The Morgan fingerprint density at radius 1 is 1.19 bits per heavy atom. The Morgan fingerprint density at radius 3 is 2.66 bits per heavy atom. The van der Waals surface area contributed by atoms with Crippen molar-refractivity contribution < 1.29 is 14.3 Å². The molecular formula is C25H32N4O3. The zero-order valence-corrected chi connectivity index (χ0v) is 19.4. The number of hydrogen-bond donors (Lipinski definition) is 0. The molecule has 170 valence electrons. The van der Waals surface area contributed by atoms with Gasteiger partial charge in [0, 0.05) is 43.8 Å². The van der Waals surface area contributed by atoms with E-state index in [2.05, 4.69) is 0 Å². The van der Waals surface area contributed by atoms with Gasteiger partial charge in [0.05, 0.1) is 6.54 Å². The van der Waals surface area contributed by atoms with Crippen molar-refractivity contribution in [1.82, 2.24) is 14.9 Å². The van der Waals surface area contributed by atoms with E-state index in [0.29, 0.717) is 32.5 Å². The molecule has 1 aromatic heterocycles. The molecule has 1 aromatic carbocycles. The third-order valence-electron chi connectivity index (χ3n) is 6.64. The van der Waals surface area contributed by atoms with Gasteiger partial charge in [0.15, 0.2) is 0 Å². The van der Waals surface area contributed by atoms with Crippen molar-refractivity contribution in [2.45, 2.75) is 64.5 Å². The van der Waals surface area contributed by atoms with Crippen molar-refractivity contribution >= 4 is 17.6 Å². The number of nitrogens with zero attached hydrogens (tertiary/aromatic N) is 4. The van der Waals surface area contributed by atoms with E-state index >= 15 is 0 Å². The number of ether oxygens (including phenoxy) is 1. The van der Waals surface area contributed by atoms with Crippen LogP contribution in [-0.2, 0) is 27.3 Å². The van der Waals surface area contributed by atoms with E-state index in [0.717, 1.165) is 41.3 Å². The number of aromatic nitrogens is 2. The first-order valence-electron chi connectivity index (χ1n) is 11.4. The van der Waals surface area contributed by atoms with Crippen LogP contribution < -0.4 is 4.90 Å². The number of hydrogen-bond acceptors (Lipinski definition) is 5. The van der Waals surface area contributed by atoms with E-state index < -0.39 is 5.60 Å². The van der Waals surface area contributed by atoms with Crippen LogP contribution in [0.15, 0.2) is 30.3 Å². The lowest BCUT2D eigenvalue weighted by atomic mass is 9.94. The fourth-order valence-corrected chi connectivity index (χ4v) is 4.56. The summed E-state index contributed by atoms with van der Waals surface area (Å²) in [5.74, 6) is 1.57. The van der Waals surface area contributed by atoms with Crippen LogP contribution in [0.2, 0.25) is 0 Å². The largest absolute Gasteiger partial charge is 0.369 e. The number of aryl methyl sites for hydroxylation is 1. The molecule has 3 heterocycles. The molecular weight excluding hydrogens is 404 g/mol. The number of fused-ring (bicyclic) bond motifs is 1. The van der Waals surface area contributed by atoms with Crippen molar-refractivity contribution in [2.24, 2.45) is 0 Å². The molecule has 0 radical (unpaired) electrons. The standard InChI is InChI=1S/C25H32N4O3/c1-17-20-12-13-21(30)29(15-18-9-6-5-7-10-18)23(20)27-22(26-17)19-11-8-14-28(16-19)24(31)25(2,3)32-4/h5-7,9-10,19H,8,11-16H2,1-4H3/t19-/m0/s1. The summed E-state index contributed by atoms with van der Waals surface area (Å²) in [6.07, 6.45) is 2.95. The first kappa shape index (κ1) is 22.4. The van der Waals surface area contributed by atoms with Gasteiger partial charge in [-0.1, -0.05) is 30.3 Å². The average Bonchev–Trinajstić information content (AvgIpc) is 2.81. The fourth-order valence-electron chi connectivity index (χ4n) is 4.56. The summed E-state index contributed by atoms with van der Waals surface area (Å²) < 4.78 is 5.40. The highest BCUT2D eigenvalue weighted by Gasteiger charge is 2.36. The smallest absolute Gasteiger partial charge is 0.254 e. The van der Waals surface area contributed by atoms with E-state index in [9.17, 15) is 9.59 Å². The van der Waals surface area contributed by atoms with E-state index in [-0.39, 0.29) is 17.7 Å². The summed E-state index contributed by atoms with van der Waals surface area (Å²) in [6, 6.07) is 9.99. The number of likely N-dealkylation sites (tertiary alicyclic amines) is 1. The highest BCUT2D eigenvalue weighted by molar-refractivity contribution is 5.95. The van der Waals surface area contributed by atoms with E-state index in [1.54, 1.807) is 25.9 Å². The lowest BCUT2D eigenvalue weighted by Gasteiger charge is -2.37. The first-order valence-corrected chi connectivity index (χ1v) is 11.4. The third-order valence-corrected chi connectivity index (χ3v) is 6.64. The normalized spacial score (nSPS) is 19.1. The maximum atomic E-state index is 12.9. The molecule has 7 heteroatoms. The van der Waals surface area contributed by atoms with Crippen molar-refractivity contribution in [2.75, 3.05) is 25.1 Å². The van der Waals surface area contributed by atoms with Crippen LogP contribution in [0, 0.1) is 6.92 Å². The second kappa shape index (κ2) is 8.98. The summed E-state index contributed by atoms with van der Waals surface area (Å²) in [5.41, 5.74) is 2.19. The zero-order chi connectivity index (χ0) is 22.9. The maximum Gasteiger partial charge on any atom is 0.254 e. The van der Waals surface area contributed by atoms with Gasteiger partial charge in [-0.15, -0.1) is 0 Å². The second-order valence-electron chi connectivity index (χ2n) is 9.24. The van der Waals surface area contributed by atoms with E-state index in [1.165, 1.54) is 0 Å². The fraction of sp³-hybridized carbons (Fsp3) is 0.520. The minimum absolute atomic E-state index is 0.0136. The molecule has 0 saturated carbocycles. The SMILES string of the molecule is COC(C)(C)C(=O)N1CCC[C@H](c2nc(C)c3c(n2)N(Cc2ccccc2)C(=O)CC3)C1. The molecule has 2 aromatic rings. The second-order valence-corrected chi connectivity index (χ2v) is 9.24. The number of piperidine rings is 1. The molecule has 0 unspecified atom stereocenters. The average molecular weight is 437 g/mol. The Balaban J connectivity index is 1.63. The highest BCUT2D eigenvalue weighted by Crippen LogP contribution is 2.33. The van der Waals surface area contributed by atoms with Gasteiger partial charge in [-0.05, 0) is 45.6 Å². The topological polar surface area (TPSA) is 75.6 Å². The Hall–Kier alpha value is -2.80. The number of rotatable bonds is 5. The Bertz CT molecular complexity index is 1010. The number of anilines is 1. The Labute approximate surface area is 189 Å². The number of amides is 2. The summed E-state index contributed by atoms with van der Waals surface area (Å²) in [5, 5.41) is 0. The minimum Gasteiger partial charge on any atom is -0.369 e. The van der Waals surface area contributed by atoms with Crippen molar-refractivity contribution in [3.05, 3.63) is 53.0 Å². The predicted octanol–water partition coefficient (Wildman–Crippen LogP) is 3.40. The third kappa shape index (κ3) is 4.39. The summed E-state index contributed by atoms with van der Waals surface area (Å²) >= 11 is 0. The Morgan fingerprint density at radius 2 is 1.94 bits per heavy atom. The molecule has 1 saturated heterocycles. The Kier molecular flexibility index (Phi) is 6.29. The number of carbonyl (C=O) groups is 2. The molecule has 0 spiro atoms. The van der Waals surface area contributed by atoms with Crippen LogP contribution in [0.3, 0.4) is 0 Å². The molecule has 2 aliphatic rings. The molecule has 32 heavy (non-hydrogen) atoms. The molecule has 7 nitrogen and oxygen atoms in total. The van der Waals surface area contributed by atoms with E-state index in [1.807, 2.05) is 42.2 Å². The van der Waals surface area contributed by atoms with Gasteiger partial charge in [-0.3, -0.25) is 14.5 Å². The quantitative estimate of drug-likeness (QED) is 0.718. The van der Waals surface area contributed by atoms with Gasteiger partial charge in [0.1, 0.15) is 17.2 Å². The number of benzene rings is 1. The summed E-state index contributed by atoms with van der Waals surface area (Å²) in [4.78, 5) is 39.2. The monoisotopic (exact) mass is 436 g/mol. The molecule has 2 amide bonds. The lowest BCUT2D eigenvalue weighted by Crippen LogP contribution is -2.50. The first-order chi connectivity index (χ1) is 15.3. The number of methoxy groups -OCH3 is 1. The lowest BCUT2D eigenvalue weighted by molar-refractivity contribution is -0.152. The van der Waals surface area contributed by atoms with Gasteiger partial charge in [0.2, 0.25) is 5.91 Å². The zero-order valence-electron chi connectivity index (χ0n) is 19.4.